The zero-order chi connectivity index (χ0) is 8.98. The van der Waals surface area contributed by atoms with Gasteiger partial charge in [-0.2, -0.15) is 0 Å². The van der Waals surface area contributed by atoms with E-state index in [0.717, 1.165) is 12.2 Å². The Morgan fingerprint density at radius 1 is 1.25 bits per heavy atom. The first-order valence-corrected chi connectivity index (χ1v) is 4.23. The first-order chi connectivity index (χ1) is 5.43. The molecule has 66 valence electrons. The fourth-order valence-electron chi connectivity index (χ4n) is 2.25. The number of tetrazole rings is 1. The second-order valence-electron chi connectivity index (χ2n) is 4.79. The first kappa shape index (κ1) is 7.71. The highest BCUT2D eigenvalue weighted by Gasteiger charge is 2.44. The van der Waals surface area contributed by atoms with Crippen LogP contribution in [0.4, 0.5) is 0 Å². The first-order valence-electron chi connectivity index (χ1n) is 4.23. The summed E-state index contributed by atoms with van der Waals surface area (Å²) in [7, 11) is 0. The minimum atomic E-state index is 0.0718. The molecule has 0 radical (unpaired) electrons. The standard InChI is InChI=1S/C8H14N4/c1-7(2)5-8(3,4)12-6(7)9-10-11-12/h5H2,1-4H3. The Labute approximate surface area is 72.0 Å². The Bertz CT molecular complexity index is 282. The number of hydrogen-bond donors (Lipinski definition) is 0. The normalized spacial score (nSPS) is 24.0. The predicted octanol–water partition coefficient (Wildman–Crippen LogP) is 1.09. The van der Waals surface area contributed by atoms with Gasteiger partial charge in [-0.25, -0.2) is 4.68 Å². The Balaban J connectivity index is 2.60. The van der Waals surface area contributed by atoms with E-state index in [1.165, 1.54) is 0 Å². The van der Waals surface area contributed by atoms with E-state index in [1.807, 2.05) is 4.68 Å². The molecule has 1 aromatic rings. The van der Waals surface area contributed by atoms with Crippen LogP contribution in [-0.4, -0.2) is 20.2 Å². The fourth-order valence-corrected chi connectivity index (χ4v) is 2.25. The molecule has 0 fully saturated rings. The molecule has 1 aliphatic rings. The topological polar surface area (TPSA) is 43.6 Å². The second-order valence-corrected chi connectivity index (χ2v) is 4.79. The molecular formula is C8H14N4. The van der Waals surface area contributed by atoms with E-state index in [1.54, 1.807) is 0 Å². The SMILES string of the molecule is CC1(C)CC(C)(C)n2nnnc21. The molecule has 0 spiro atoms. The molecule has 1 aliphatic heterocycles. The lowest BCUT2D eigenvalue weighted by Gasteiger charge is -2.20. The van der Waals surface area contributed by atoms with Crippen LogP contribution in [0.25, 0.3) is 0 Å². The molecule has 2 heterocycles. The van der Waals surface area contributed by atoms with Gasteiger partial charge in [0.15, 0.2) is 5.82 Å². The van der Waals surface area contributed by atoms with Crippen molar-refractivity contribution in [3.63, 3.8) is 0 Å². The molecule has 0 N–H and O–H groups in total. The van der Waals surface area contributed by atoms with Crippen LogP contribution in [0.5, 0.6) is 0 Å². The summed E-state index contributed by atoms with van der Waals surface area (Å²) in [6.45, 7) is 8.71. The molecule has 4 heteroatoms. The van der Waals surface area contributed by atoms with Crippen molar-refractivity contribution in [2.75, 3.05) is 0 Å². The maximum atomic E-state index is 4.05. The smallest absolute Gasteiger partial charge is 0.157 e. The second kappa shape index (κ2) is 1.87. The van der Waals surface area contributed by atoms with E-state index in [2.05, 4.69) is 43.2 Å². The maximum absolute atomic E-state index is 4.05. The summed E-state index contributed by atoms with van der Waals surface area (Å²) in [6.07, 6.45) is 1.08. The van der Waals surface area contributed by atoms with Gasteiger partial charge < -0.3 is 0 Å². The highest BCUT2D eigenvalue weighted by Crippen LogP contribution is 2.41. The average Bonchev–Trinajstić information content (AvgIpc) is 2.34. The van der Waals surface area contributed by atoms with Crippen molar-refractivity contribution in [3.05, 3.63) is 5.82 Å². The Morgan fingerprint density at radius 2 is 1.92 bits per heavy atom. The quantitative estimate of drug-likeness (QED) is 0.579. The highest BCUT2D eigenvalue weighted by molar-refractivity contribution is 5.12. The third-order valence-electron chi connectivity index (χ3n) is 2.52. The maximum Gasteiger partial charge on any atom is 0.157 e. The number of nitrogens with zero attached hydrogens (tertiary/aromatic N) is 4. The predicted molar refractivity (Wildman–Crippen MR) is 44.8 cm³/mol. The summed E-state index contributed by atoms with van der Waals surface area (Å²) < 4.78 is 1.94. The van der Waals surface area contributed by atoms with Gasteiger partial charge in [0.2, 0.25) is 0 Å². The molecule has 0 atom stereocenters. The van der Waals surface area contributed by atoms with Gasteiger partial charge in [-0.15, -0.1) is 5.10 Å². The average molecular weight is 166 g/mol. The van der Waals surface area contributed by atoms with Gasteiger partial charge in [0.05, 0.1) is 5.54 Å². The number of hydrogen-bond acceptors (Lipinski definition) is 3. The van der Waals surface area contributed by atoms with Crippen LogP contribution in [0.2, 0.25) is 0 Å². The van der Waals surface area contributed by atoms with Gasteiger partial charge >= 0.3 is 0 Å². The summed E-state index contributed by atoms with van der Waals surface area (Å²) in [6, 6.07) is 0. The molecule has 1 aromatic heterocycles. The van der Waals surface area contributed by atoms with Crippen molar-refractivity contribution in [2.24, 2.45) is 0 Å². The van der Waals surface area contributed by atoms with Crippen LogP contribution in [0, 0.1) is 0 Å². The molecule has 0 aliphatic carbocycles. The highest BCUT2D eigenvalue weighted by atomic mass is 15.6. The Morgan fingerprint density at radius 3 is 2.50 bits per heavy atom. The van der Waals surface area contributed by atoms with Crippen molar-refractivity contribution in [2.45, 2.75) is 45.1 Å². The summed E-state index contributed by atoms with van der Waals surface area (Å²) >= 11 is 0. The summed E-state index contributed by atoms with van der Waals surface area (Å²) in [5.74, 6) is 1.01. The van der Waals surface area contributed by atoms with Gasteiger partial charge in [0, 0.05) is 5.41 Å². The molecule has 4 nitrogen and oxygen atoms in total. The molecule has 0 saturated carbocycles. The number of fused-ring (bicyclic) bond motifs is 1. The van der Waals surface area contributed by atoms with Gasteiger partial charge in [0.25, 0.3) is 0 Å². The van der Waals surface area contributed by atoms with Crippen LogP contribution >= 0.6 is 0 Å². The van der Waals surface area contributed by atoms with Crippen molar-refractivity contribution >= 4 is 0 Å². The van der Waals surface area contributed by atoms with E-state index in [9.17, 15) is 0 Å². The summed E-state index contributed by atoms with van der Waals surface area (Å²) in [5, 5.41) is 11.7. The zero-order valence-corrected chi connectivity index (χ0v) is 8.00. The number of rotatable bonds is 0. The van der Waals surface area contributed by atoms with E-state index in [0.29, 0.717) is 0 Å². The fraction of sp³-hybridized carbons (Fsp3) is 0.875. The van der Waals surface area contributed by atoms with Crippen molar-refractivity contribution in [1.82, 2.24) is 20.2 Å². The van der Waals surface area contributed by atoms with Crippen LogP contribution < -0.4 is 0 Å². The third-order valence-corrected chi connectivity index (χ3v) is 2.52. The Kier molecular flexibility index (Phi) is 1.20. The van der Waals surface area contributed by atoms with Crippen molar-refractivity contribution in [1.29, 1.82) is 0 Å². The molecule has 0 saturated heterocycles. The van der Waals surface area contributed by atoms with Gasteiger partial charge in [-0.3, -0.25) is 0 Å². The van der Waals surface area contributed by atoms with Crippen molar-refractivity contribution in [3.8, 4) is 0 Å². The molecule has 0 bridgehead atoms. The van der Waals surface area contributed by atoms with E-state index >= 15 is 0 Å². The molecule has 0 amide bonds. The summed E-state index contributed by atoms with van der Waals surface area (Å²) in [5.41, 5.74) is 0.190. The van der Waals surface area contributed by atoms with Gasteiger partial charge in [-0.1, -0.05) is 13.8 Å². The lowest BCUT2D eigenvalue weighted by Crippen LogP contribution is -2.24. The largest absolute Gasteiger partial charge is 0.223 e. The minimum absolute atomic E-state index is 0.0718. The van der Waals surface area contributed by atoms with Crippen LogP contribution in [0.15, 0.2) is 0 Å². The van der Waals surface area contributed by atoms with Gasteiger partial charge in [-0.05, 0) is 30.7 Å². The molecular weight excluding hydrogens is 152 g/mol. The van der Waals surface area contributed by atoms with E-state index in [4.69, 9.17) is 0 Å². The number of aromatic nitrogens is 4. The van der Waals surface area contributed by atoms with Crippen LogP contribution in [0.1, 0.15) is 39.9 Å². The Hall–Kier alpha value is -0.930. The van der Waals surface area contributed by atoms with Crippen LogP contribution in [-0.2, 0) is 11.0 Å². The van der Waals surface area contributed by atoms with Crippen molar-refractivity contribution < 1.29 is 0 Å². The lowest BCUT2D eigenvalue weighted by atomic mass is 9.84. The molecule has 12 heavy (non-hydrogen) atoms. The zero-order valence-electron chi connectivity index (χ0n) is 8.00. The summed E-state index contributed by atoms with van der Waals surface area (Å²) in [4.78, 5) is 0. The molecule has 0 aromatic carbocycles. The lowest BCUT2D eigenvalue weighted by molar-refractivity contribution is 0.301. The third kappa shape index (κ3) is 0.806. The van der Waals surface area contributed by atoms with E-state index < -0.39 is 0 Å². The van der Waals surface area contributed by atoms with Crippen LogP contribution in [0.3, 0.4) is 0 Å². The monoisotopic (exact) mass is 166 g/mol. The van der Waals surface area contributed by atoms with Gasteiger partial charge in [0.1, 0.15) is 0 Å². The minimum Gasteiger partial charge on any atom is -0.223 e. The molecule has 2 rings (SSSR count). The van der Waals surface area contributed by atoms with E-state index in [-0.39, 0.29) is 11.0 Å². The molecule has 0 unspecified atom stereocenters.